The third-order valence-corrected chi connectivity index (χ3v) is 6.62. The van der Waals surface area contributed by atoms with Crippen LogP contribution in [0.3, 0.4) is 0 Å². The lowest BCUT2D eigenvalue weighted by Crippen LogP contribution is -2.58. The first-order valence-electron chi connectivity index (χ1n) is 10.8. The van der Waals surface area contributed by atoms with Crippen molar-refractivity contribution >= 4 is 17.2 Å². The summed E-state index contributed by atoms with van der Waals surface area (Å²) in [4.78, 5) is 21.9. The zero-order valence-electron chi connectivity index (χ0n) is 18.6. The van der Waals surface area contributed by atoms with Crippen molar-refractivity contribution in [3.05, 3.63) is 53.9 Å². The molecule has 1 amide bonds. The quantitative estimate of drug-likeness (QED) is 0.658. The van der Waals surface area contributed by atoms with Crippen LogP contribution >= 0.6 is 11.3 Å². The maximum Gasteiger partial charge on any atom is 0.273 e. The fourth-order valence-electron chi connectivity index (χ4n) is 4.15. The zero-order chi connectivity index (χ0) is 22.1. The Bertz CT molecular complexity index is 927. The number of hydrogen-bond acceptors (Lipinski definition) is 6. The summed E-state index contributed by atoms with van der Waals surface area (Å²) in [6.45, 7) is 13.6. The largest absolute Gasteiger partial charge is 0.474 e. The van der Waals surface area contributed by atoms with E-state index in [0.717, 1.165) is 36.5 Å². The number of hydrogen-bond donors (Lipinski definition) is 0. The van der Waals surface area contributed by atoms with Gasteiger partial charge >= 0.3 is 0 Å². The molecule has 2 fully saturated rings. The topological polar surface area (TPSA) is 54.9 Å². The van der Waals surface area contributed by atoms with Crippen molar-refractivity contribution < 1.29 is 14.3 Å². The number of amides is 1. The second-order valence-electron chi connectivity index (χ2n) is 9.26. The molecule has 2 aromatic rings. The Morgan fingerprint density at radius 3 is 2.55 bits per heavy atom. The van der Waals surface area contributed by atoms with E-state index in [2.05, 4.69) is 16.5 Å². The third-order valence-electron chi connectivity index (χ3n) is 5.73. The Hall–Kier alpha value is -2.38. The van der Waals surface area contributed by atoms with Crippen molar-refractivity contribution in [3.8, 4) is 10.6 Å². The molecule has 0 bridgehead atoms. The first kappa shape index (κ1) is 21.8. The molecule has 4 rings (SSSR count). The molecular formula is C24H31N3O3S. The number of morpholine rings is 1. The van der Waals surface area contributed by atoms with Crippen molar-refractivity contribution in [2.45, 2.75) is 44.8 Å². The second kappa shape index (κ2) is 8.63. The predicted octanol–water partition coefficient (Wildman–Crippen LogP) is 4.40. The van der Waals surface area contributed by atoms with Gasteiger partial charge in [-0.3, -0.25) is 4.79 Å². The van der Waals surface area contributed by atoms with Gasteiger partial charge in [0.1, 0.15) is 16.3 Å². The number of nitrogens with zero attached hydrogens (tertiary/aromatic N) is 3. The van der Waals surface area contributed by atoms with Gasteiger partial charge in [-0.2, -0.15) is 0 Å². The van der Waals surface area contributed by atoms with Crippen molar-refractivity contribution in [2.24, 2.45) is 0 Å². The Labute approximate surface area is 188 Å². The summed E-state index contributed by atoms with van der Waals surface area (Å²) in [5.74, 6) is 0.700. The monoisotopic (exact) mass is 441 g/mol. The lowest BCUT2D eigenvalue weighted by molar-refractivity contribution is -0.131. The van der Waals surface area contributed by atoms with Gasteiger partial charge in [0.25, 0.3) is 5.91 Å². The lowest BCUT2D eigenvalue weighted by atomic mass is 9.89. The number of aromatic nitrogens is 1. The molecule has 166 valence electrons. The average molecular weight is 442 g/mol. The maximum absolute atomic E-state index is 13.2. The van der Waals surface area contributed by atoms with Crippen LogP contribution in [0.2, 0.25) is 0 Å². The minimum atomic E-state index is -0.301. The highest BCUT2D eigenvalue weighted by Gasteiger charge is 2.42. The molecular weight excluding hydrogens is 410 g/mol. The van der Waals surface area contributed by atoms with Crippen molar-refractivity contribution in [3.63, 3.8) is 0 Å². The smallest absolute Gasteiger partial charge is 0.273 e. The zero-order valence-corrected chi connectivity index (χ0v) is 19.4. The van der Waals surface area contributed by atoms with Crippen LogP contribution in [0.1, 0.15) is 44.1 Å². The Morgan fingerprint density at radius 1 is 1.16 bits per heavy atom. The number of carbonyl (C=O) groups is 1. The van der Waals surface area contributed by atoms with Gasteiger partial charge in [-0.05, 0) is 40.2 Å². The molecule has 0 saturated carbocycles. The Morgan fingerprint density at radius 2 is 1.87 bits per heavy atom. The van der Waals surface area contributed by atoms with Crippen molar-refractivity contribution in [2.75, 3.05) is 32.8 Å². The molecule has 1 aromatic heterocycles. The van der Waals surface area contributed by atoms with Crippen LogP contribution in [0.15, 0.2) is 48.2 Å². The molecule has 2 saturated heterocycles. The Balaban J connectivity index is 1.38. The second-order valence-corrected chi connectivity index (χ2v) is 10.1. The minimum Gasteiger partial charge on any atom is -0.474 e. The summed E-state index contributed by atoms with van der Waals surface area (Å²) in [5.41, 5.74) is 0.994. The summed E-state index contributed by atoms with van der Waals surface area (Å²) < 4.78 is 12.1. The molecule has 0 N–H and O–H groups in total. The van der Waals surface area contributed by atoms with Gasteiger partial charge in [-0.25, -0.2) is 4.98 Å². The normalized spacial score (nSPS) is 18.8. The standard InChI is InChI=1S/C24H31N3O3S/c1-18(30-23(2,3)4)26-12-10-24(11-13-26)17-27(14-15-29-24)22(28)20-16-31-21(25-20)19-8-6-5-7-9-19/h5-9,16H,1,10-15,17H2,2-4H3. The number of ether oxygens (including phenoxy) is 2. The van der Waals surface area contributed by atoms with Gasteiger partial charge in [0, 0.05) is 30.6 Å². The fraction of sp³-hybridized carbons (Fsp3) is 0.500. The molecule has 6 nitrogen and oxygen atoms in total. The number of carbonyl (C=O) groups excluding carboxylic acids is 1. The van der Waals surface area contributed by atoms with Crippen molar-refractivity contribution in [1.82, 2.24) is 14.8 Å². The molecule has 2 aliphatic heterocycles. The summed E-state index contributed by atoms with van der Waals surface area (Å²) in [6, 6.07) is 9.98. The van der Waals surface area contributed by atoms with Crippen LogP contribution < -0.4 is 0 Å². The summed E-state index contributed by atoms with van der Waals surface area (Å²) >= 11 is 1.51. The highest BCUT2D eigenvalue weighted by atomic mass is 32.1. The van der Waals surface area contributed by atoms with Crippen LogP contribution in [0.5, 0.6) is 0 Å². The first-order valence-corrected chi connectivity index (χ1v) is 11.7. The molecule has 7 heteroatoms. The molecule has 0 aliphatic carbocycles. The average Bonchev–Trinajstić information content (AvgIpc) is 3.23. The van der Waals surface area contributed by atoms with E-state index in [9.17, 15) is 4.79 Å². The van der Waals surface area contributed by atoms with Crippen LogP contribution in [0, 0.1) is 0 Å². The minimum absolute atomic E-state index is 0.0102. The molecule has 0 radical (unpaired) electrons. The van der Waals surface area contributed by atoms with Crippen molar-refractivity contribution in [1.29, 1.82) is 0 Å². The van der Waals surface area contributed by atoms with Crippen LogP contribution in [-0.2, 0) is 9.47 Å². The molecule has 2 aliphatic rings. The van der Waals surface area contributed by atoms with E-state index >= 15 is 0 Å². The number of piperidine rings is 1. The first-order chi connectivity index (χ1) is 14.7. The van der Waals surface area contributed by atoms with E-state index in [-0.39, 0.29) is 17.1 Å². The summed E-state index contributed by atoms with van der Waals surface area (Å²) in [6.07, 6.45) is 1.69. The number of rotatable bonds is 4. The van der Waals surface area contributed by atoms with E-state index in [4.69, 9.17) is 9.47 Å². The molecule has 0 atom stereocenters. The van der Waals surface area contributed by atoms with Crippen LogP contribution in [0.25, 0.3) is 10.6 Å². The maximum atomic E-state index is 13.2. The van der Waals surface area contributed by atoms with E-state index < -0.39 is 0 Å². The van der Waals surface area contributed by atoms with Gasteiger partial charge in [0.05, 0.1) is 18.8 Å². The highest BCUT2D eigenvalue weighted by Crippen LogP contribution is 2.33. The van der Waals surface area contributed by atoms with Gasteiger partial charge in [0.2, 0.25) is 0 Å². The van der Waals surface area contributed by atoms with Crippen LogP contribution in [-0.4, -0.2) is 64.7 Å². The highest BCUT2D eigenvalue weighted by molar-refractivity contribution is 7.13. The SMILES string of the molecule is C=C(OC(C)(C)C)N1CCC2(CC1)CN(C(=O)c1csc(-c3ccccc3)n1)CCO2. The van der Waals surface area contributed by atoms with Gasteiger partial charge in [-0.1, -0.05) is 30.3 Å². The third kappa shape index (κ3) is 5.10. The molecule has 1 spiro atoms. The molecule has 31 heavy (non-hydrogen) atoms. The lowest BCUT2D eigenvalue weighted by Gasteiger charge is -2.48. The van der Waals surface area contributed by atoms with Gasteiger partial charge in [-0.15, -0.1) is 11.3 Å². The van der Waals surface area contributed by atoms with E-state index in [1.165, 1.54) is 11.3 Å². The molecule has 3 heterocycles. The van der Waals surface area contributed by atoms with Gasteiger partial charge < -0.3 is 19.3 Å². The predicted molar refractivity (Wildman–Crippen MR) is 123 cm³/mol. The molecule has 0 unspecified atom stereocenters. The fourth-order valence-corrected chi connectivity index (χ4v) is 4.95. The van der Waals surface area contributed by atoms with Crippen LogP contribution in [0.4, 0.5) is 0 Å². The summed E-state index contributed by atoms with van der Waals surface area (Å²) in [7, 11) is 0. The number of thiazole rings is 1. The van der Waals surface area contributed by atoms with Gasteiger partial charge in [0.15, 0.2) is 5.88 Å². The molecule has 1 aromatic carbocycles. The Kier molecular flexibility index (Phi) is 6.08. The summed E-state index contributed by atoms with van der Waals surface area (Å²) in [5, 5.41) is 2.74. The number of benzene rings is 1. The van der Waals surface area contributed by atoms with E-state index in [1.54, 1.807) is 0 Å². The van der Waals surface area contributed by atoms with E-state index in [0.29, 0.717) is 31.3 Å². The van der Waals surface area contributed by atoms with E-state index in [1.807, 2.05) is 61.4 Å². The number of likely N-dealkylation sites (tertiary alicyclic amines) is 1.